The highest BCUT2D eigenvalue weighted by Crippen LogP contribution is 2.25. The molecule has 15 heavy (non-hydrogen) atoms. The second-order valence-electron chi connectivity index (χ2n) is 4.12. The number of carbonyl (C=O) groups is 1. The molecular weight excluding hydrogens is 188 g/mol. The van der Waals surface area contributed by atoms with Crippen LogP contribution in [0, 0.1) is 6.92 Å². The number of aryl methyl sites for hydroxylation is 2. The Balaban J connectivity index is 2.33. The number of carbonyl (C=O) groups excluding carboxylic acids is 1. The Morgan fingerprint density at radius 2 is 2.20 bits per heavy atom. The van der Waals surface area contributed by atoms with Crippen LogP contribution >= 0.6 is 0 Å². The smallest absolute Gasteiger partial charge is 0.338 e. The second-order valence-corrected chi connectivity index (χ2v) is 4.12. The van der Waals surface area contributed by atoms with Crippen LogP contribution in [0.15, 0.2) is 12.1 Å². The van der Waals surface area contributed by atoms with E-state index in [1.54, 1.807) is 0 Å². The Hall–Kier alpha value is -1.31. The van der Waals surface area contributed by atoms with Gasteiger partial charge in [0.15, 0.2) is 0 Å². The van der Waals surface area contributed by atoms with Gasteiger partial charge < -0.3 is 4.74 Å². The summed E-state index contributed by atoms with van der Waals surface area (Å²) in [5.74, 6) is -0.161. The molecule has 0 aliphatic carbocycles. The molecule has 1 aromatic carbocycles. The molecule has 2 nitrogen and oxygen atoms in total. The molecule has 0 N–H and O–H groups in total. The average molecular weight is 204 g/mol. The Morgan fingerprint density at radius 3 is 2.93 bits per heavy atom. The van der Waals surface area contributed by atoms with E-state index in [-0.39, 0.29) is 5.97 Å². The molecule has 2 rings (SSSR count). The number of rotatable bonds is 3. The van der Waals surface area contributed by atoms with Crippen LogP contribution in [0.2, 0.25) is 0 Å². The van der Waals surface area contributed by atoms with E-state index in [0.29, 0.717) is 6.61 Å². The standard InChI is InChI=1S/C13H16O2/c1-3-4-5-10-6-9(2)12-8-15-13(14)11(12)7-10/h6-7H,3-5,8H2,1-2H3. The molecule has 0 saturated carbocycles. The quantitative estimate of drug-likeness (QED) is 0.707. The van der Waals surface area contributed by atoms with Crippen LogP contribution in [-0.4, -0.2) is 5.97 Å². The lowest BCUT2D eigenvalue weighted by Gasteiger charge is -2.05. The molecule has 0 unspecified atom stereocenters. The maximum atomic E-state index is 11.4. The third-order valence-electron chi connectivity index (χ3n) is 2.92. The molecule has 1 heterocycles. The Labute approximate surface area is 90.3 Å². The second kappa shape index (κ2) is 4.05. The third kappa shape index (κ3) is 1.89. The average Bonchev–Trinajstić information content (AvgIpc) is 2.58. The lowest BCUT2D eigenvalue weighted by molar-refractivity contribution is 0.0535. The number of hydrogen-bond acceptors (Lipinski definition) is 2. The van der Waals surface area contributed by atoms with Crippen molar-refractivity contribution >= 4 is 5.97 Å². The van der Waals surface area contributed by atoms with Gasteiger partial charge in [-0.3, -0.25) is 0 Å². The van der Waals surface area contributed by atoms with E-state index in [4.69, 9.17) is 4.74 Å². The maximum Gasteiger partial charge on any atom is 0.338 e. The highest BCUT2D eigenvalue weighted by Gasteiger charge is 2.23. The molecule has 0 radical (unpaired) electrons. The van der Waals surface area contributed by atoms with Gasteiger partial charge in [0, 0.05) is 5.56 Å². The summed E-state index contributed by atoms with van der Waals surface area (Å²) in [6, 6.07) is 4.17. The van der Waals surface area contributed by atoms with E-state index in [1.165, 1.54) is 24.0 Å². The molecule has 1 aliphatic heterocycles. The van der Waals surface area contributed by atoms with Gasteiger partial charge in [0.1, 0.15) is 6.61 Å². The zero-order chi connectivity index (χ0) is 10.8. The molecule has 1 aliphatic rings. The summed E-state index contributed by atoms with van der Waals surface area (Å²) in [6.45, 7) is 4.68. The van der Waals surface area contributed by atoms with Gasteiger partial charge in [-0.15, -0.1) is 0 Å². The number of fused-ring (bicyclic) bond motifs is 1. The van der Waals surface area contributed by atoms with E-state index in [2.05, 4.69) is 19.9 Å². The van der Waals surface area contributed by atoms with E-state index >= 15 is 0 Å². The van der Waals surface area contributed by atoms with E-state index in [0.717, 1.165) is 17.5 Å². The fraction of sp³-hybridized carbons (Fsp3) is 0.462. The van der Waals surface area contributed by atoms with Gasteiger partial charge in [0.05, 0.1) is 5.56 Å². The molecule has 0 spiro atoms. The van der Waals surface area contributed by atoms with Crippen LogP contribution < -0.4 is 0 Å². The van der Waals surface area contributed by atoms with Crippen LogP contribution in [0.3, 0.4) is 0 Å². The first-order valence-corrected chi connectivity index (χ1v) is 5.52. The molecule has 0 fully saturated rings. The molecule has 0 aromatic heterocycles. The third-order valence-corrected chi connectivity index (χ3v) is 2.92. The van der Waals surface area contributed by atoms with Crippen molar-refractivity contribution in [2.24, 2.45) is 0 Å². The molecule has 80 valence electrons. The van der Waals surface area contributed by atoms with Crippen molar-refractivity contribution in [3.05, 3.63) is 34.4 Å². The number of ether oxygens (including phenoxy) is 1. The minimum Gasteiger partial charge on any atom is -0.457 e. The minimum absolute atomic E-state index is 0.161. The molecule has 2 heteroatoms. The Kier molecular flexibility index (Phi) is 2.76. The predicted molar refractivity (Wildman–Crippen MR) is 58.9 cm³/mol. The summed E-state index contributed by atoms with van der Waals surface area (Å²) >= 11 is 0. The van der Waals surface area contributed by atoms with Crippen LogP contribution in [0.5, 0.6) is 0 Å². The zero-order valence-corrected chi connectivity index (χ0v) is 9.30. The first-order chi connectivity index (χ1) is 7.22. The van der Waals surface area contributed by atoms with Crippen LogP contribution in [0.25, 0.3) is 0 Å². The summed E-state index contributed by atoms with van der Waals surface area (Å²) in [4.78, 5) is 11.4. The molecular formula is C13H16O2. The van der Waals surface area contributed by atoms with Crippen LogP contribution in [-0.2, 0) is 17.8 Å². The summed E-state index contributed by atoms with van der Waals surface area (Å²) < 4.78 is 5.02. The number of hydrogen-bond donors (Lipinski definition) is 0. The number of cyclic esters (lactones) is 1. The topological polar surface area (TPSA) is 26.3 Å². The number of unbranched alkanes of at least 4 members (excludes halogenated alkanes) is 1. The predicted octanol–water partition coefficient (Wildman–Crippen LogP) is 3.01. The fourth-order valence-corrected chi connectivity index (χ4v) is 2.01. The SMILES string of the molecule is CCCCc1cc(C)c2c(c1)C(=O)OC2. The van der Waals surface area contributed by atoms with E-state index in [9.17, 15) is 4.79 Å². The fourth-order valence-electron chi connectivity index (χ4n) is 2.01. The number of esters is 1. The summed E-state index contributed by atoms with van der Waals surface area (Å²) in [6.07, 6.45) is 3.41. The van der Waals surface area contributed by atoms with E-state index < -0.39 is 0 Å². The van der Waals surface area contributed by atoms with Crippen molar-refractivity contribution in [2.45, 2.75) is 39.7 Å². The van der Waals surface area contributed by atoms with Crippen molar-refractivity contribution in [3.63, 3.8) is 0 Å². The molecule has 1 aromatic rings. The van der Waals surface area contributed by atoms with Gasteiger partial charge in [-0.25, -0.2) is 4.79 Å². The first-order valence-electron chi connectivity index (χ1n) is 5.52. The molecule has 0 atom stereocenters. The monoisotopic (exact) mass is 204 g/mol. The van der Waals surface area contributed by atoms with E-state index in [1.807, 2.05) is 6.07 Å². The Bertz CT molecular complexity index is 394. The summed E-state index contributed by atoms with van der Waals surface area (Å²) in [5.41, 5.74) is 4.29. The largest absolute Gasteiger partial charge is 0.457 e. The highest BCUT2D eigenvalue weighted by molar-refractivity contribution is 5.94. The summed E-state index contributed by atoms with van der Waals surface area (Å²) in [7, 11) is 0. The van der Waals surface area contributed by atoms with Crippen molar-refractivity contribution in [3.8, 4) is 0 Å². The minimum atomic E-state index is -0.161. The lowest BCUT2D eigenvalue weighted by atomic mass is 9.98. The normalized spacial score (nSPS) is 13.9. The van der Waals surface area contributed by atoms with Gasteiger partial charge in [-0.2, -0.15) is 0 Å². The molecule has 0 saturated heterocycles. The van der Waals surface area contributed by atoms with Gasteiger partial charge in [-0.05, 0) is 37.0 Å². The lowest BCUT2D eigenvalue weighted by Crippen LogP contribution is -1.97. The van der Waals surface area contributed by atoms with Crippen LogP contribution in [0.1, 0.15) is 46.8 Å². The maximum absolute atomic E-state index is 11.4. The molecule has 0 amide bonds. The summed E-state index contributed by atoms with van der Waals surface area (Å²) in [5, 5.41) is 0. The van der Waals surface area contributed by atoms with Gasteiger partial charge in [-0.1, -0.05) is 19.4 Å². The van der Waals surface area contributed by atoms with Crippen LogP contribution in [0.4, 0.5) is 0 Å². The van der Waals surface area contributed by atoms with Crippen molar-refractivity contribution in [1.82, 2.24) is 0 Å². The van der Waals surface area contributed by atoms with Gasteiger partial charge >= 0.3 is 5.97 Å². The Morgan fingerprint density at radius 1 is 1.40 bits per heavy atom. The number of benzene rings is 1. The zero-order valence-electron chi connectivity index (χ0n) is 9.30. The van der Waals surface area contributed by atoms with Crippen molar-refractivity contribution < 1.29 is 9.53 Å². The van der Waals surface area contributed by atoms with Gasteiger partial charge in [0.25, 0.3) is 0 Å². The highest BCUT2D eigenvalue weighted by atomic mass is 16.5. The van der Waals surface area contributed by atoms with Crippen molar-refractivity contribution in [2.75, 3.05) is 0 Å². The van der Waals surface area contributed by atoms with Crippen molar-refractivity contribution in [1.29, 1.82) is 0 Å². The molecule has 0 bridgehead atoms. The first kappa shape index (κ1) is 10.2. The van der Waals surface area contributed by atoms with Gasteiger partial charge in [0.2, 0.25) is 0 Å².